The van der Waals surface area contributed by atoms with E-state index in [1.807, 2.05) is 6.26 Å². The highest BCUT2D eigenvalue weighted by atomic mass is 32.2. The van der Waals surface area contributed by atoms with Crippen molar-refractivity contribution in [3.63, 3.8) is 0 Å². The summed E-state index contributed by atoms with van der Waals surface area (Å²) in [6.07, 6.45) is 2.69. The first-order valence-corrected chi connectivity index (χ1v) is 7.79. The highest BCUT2D eigenvalue weighted by Crippen LogP contribution is 2.07. The molecule has 1 atom stereocenters. The molecular weight excluding hydrogens is 266 g/mol. The summed E-state index contributed by atoms with van der Waals surface area (Å²) in [5, 5.41) is 0. The Morgan fingerprint density at radius 1 is 1.26 bits per heavy atom. The van der Waals surface area contributed by atoms with E-state index in [4.69, 9.17) is 10.5 Å². The number of thioether (sulfide) groups is 1. The van der Waals surface area contributed by atoms with E-state index in [0.717, 1.165) is 5.75 Å². The molecule has 0 aromatic carbocycles. The van der Waals surface area contributed by atoms with Gasteiger partial charge in [0, 0.05) is 33.3 Å². The number of carbonyl (C=O) groups is 2. The lowest BCUT2D eigenvalue weighted by Crippen LogP contribution is -2.54. The predicted octanol–water partition coefficient (Wildman–Crippen LogP) is -0.616. The minimum absolute atomic E-state index is 0.00658. The Morgan fingerprint density at radius 3 is 2.37 bits per heavy atom. The molecule has 0 aromatic heterocycles. The molecule has 1 saturated heterocycles. The van der Waals surface area contributed by atoms with Crippen LogP contribution in [0.5, 0.6) is 0 Å². The number of ether oxygens (including phenoxy) is 1. The molecule has 2 amide bonds. The first kappa shape index (κ1) is 16.3. The van der Waals surface area contributed by atoms with Gasteiger partial charge in [-0.05, 0) is 18.4 Å². The van der Waals surface area contributed by atoms with Gasteiger partial charge in [-0.1, -0.05) is 0 Å². The summed E-state index contributed by atoms with van der Waals surface area (Å²) in [4.78, 5) is 27.2. The van der Waals surface area contributed by atoms with Crippen LogP contribution in [0.3, 0.4) is 0 Å². The fourth-order valence-corrected chi connectivity index (χ4v) is 2.48. The molecule has 19 heavy (non-hydrogen) atoms. The van der Waals surface area contributed by atoms with Crippen LogP contribution in [0.25, 0.3) is 0 Å². The number of methoxy groups -OCH3 is 1. The number of piperazine rings is 1. The molecule has 1 aliphatic heterocycles. The first-order chi connectivity index (χ1) is 9.10. The maximum Gasteiger partial charge on any atom is 0.248 e. The van der Waals surface area contributed by atoms with Crippen molar-refractivity contribution in [1.82, 2.24) is 9.80 Å². The largest absolute Gasteiger partial charge is 0.375 e. The third-order valence-corrected chi connectivity index (χ3v) is 3.81. The van der Waals surface area contributed by atoms with Gasteiger partial charge in [0.05, 0.1) is 6.04 Å². The van der Waals surface area contributed by atoms with E-state index in [1.54, 1.807) is 21.6 Å². The number of hydrogen-bond donors (Lipinski definition) is 1. The summed E-state index contributed by atoms with van der Waals surface area (Å²) in [7, 11) is 1.50. The third kappa shape index (κ3) is 5.00. The lowest BCUT2D eigenvalue weighted by Gasteiger charge is -2.35. The Kier molecular flexibility index (Phi) is 7.19. The van der Waals surface area contributed by atoms with E-state index in [9.17, 15) is 9.59 Å². The van der Waals surface area contributed by atoms with Crippen molar-refractivity contribution in [2.24, 2.45) is 5.73 Å². The number of hydrogen-bond acceptors (Lipinski definition) is 5. The number of nitrogens with zero attached hydrogens (tertiary/aromatic N) is 2. The van der Waals surface area contributed by atoms with Crippen LogP contribution in [-0.4, -0.2) is 79.6 Å². The predicted molar refractivity (Wildman–Crippen MR) is 76.0 cm³/mol. The molecule has 0 spiro atoms. The Hall–Kier alpha value is -0.790. The fourth-order valence-electron chi connectivity index (χ4n) is 1.99. The molecule has 0 bridgehead atoms. The van der Waals surface area contributed by atoms with Crippen LogP contribution in [0.4, 0.5) is 0 Å². The minimum Gasteiger partial charge on any atom is -0.375 e. The molecule has 6 nitrogen and oxygen atoms in total. The van der Waals surface area contributed by atoms with E-state index >= 15 is 0 Å². The number of carbonyl (C=O) groups excluding carboxylic acids is 2. The molecule has 2 N–H and O–H groups in total. The minimum atomic E-state index is -0.423. The van der Waals surface area contributed by atoms with E-state index in [0.29, 0.717) is 32.6 Å². The Balaban J connectivity index is 2.36. The molecule has 110 valence electrons. The van der Waals surface area contributed by atoms with Crippen LogP contribution in [0.1, 0.15) is 6.42 Å². The van der Waals surface area contributed by atoms with E-state index < -0.39 is 6.04 Å². The Morgan fingerprint density at radius 2 is 1.84 bits per heavy atom. The van der Waals surface area contributed by atoms with E-state index in [-0.39, 0.29) is 18.4 Å². The van der Waals surface area contributed by atoms with Gasteiger partial charge in [-0.25, -0.2) is 0 Å². The van der Waals surface area contributed by atoms with Crippen molar-refractivity contribution in [3.05, 3.63) is 0 Å². The number of nitrogens with two attached hydrogens (primary N) is 1. The first-order valence-electron chi connectivity index (χ1n) is 6.40. The smallest absolute Gasteiger partial charge is 0.248 e. The molecular formula is C12H23N3O3S. The van der Waals surface area contributed by atoms with Gasteiger partial charge in [-0.15, -0.1) is 0 Å². The van der Waals surface area contributed by atoms with Gasteiger partial charge in [-0.2, -0.15) is 11.8 Å². The van der Waals surface area contributed by atoms with Crippen LogP contribution in [0, 0.1) is 0 Å². The normalized spacial score (nSPS) is 17.4. The van der Waals surface area contributed by atoms with Crippen molar-refractivity contribution >= 4 is 23.6 Å². The monoisotopic (exact) mass is 289 g/mol. The summed E-state index contributed by atoms with van der Waals surface area (Å²) in [5.41, 5.74) is 5.87. The number of rotatable bonds is 6. The third-order valence-electron chi connectivity index (χ3n) is 3.16. The maximum atomic E-state index is 12.1. The van der Waals surface area contributed by atoms with Crippen LogP contribution < -0.4 is 5.73 Å². The van der Waals surface area contributed by atoms with Crippen molar-refractivity contribution in [1.29, 1.82) is 0 Å². The Labute approximate surface area is 118 Å². The molecule has 0 aliphatic carbocycles. The molecule has 0 aromatic rings. The van der Waals surface area contributed by atoms with E-state index in [1.165, 1.54) is 7.11 Å². The van der Waals surface area contributed by atoms with Gasteiger partial charge < -0.3 is 20.3 Å². The molecule has 0 saturated carbocycles. The molecule has 0 unspecified atom stereocenters. The summed E-state index contributed by atoms with van der Waals surface area (Å²) in [6.45, 7) is 2.33. The molecule has 0 radical (unpaired) electrons. The molecule has 1 rings (SSSR count). The van der Waals surface area contributed by atoms with Gasteiger partial charge in [0.25, 0.3) is 0 Å². The lowest BCUT2D eigenvalue weighted by atomic mass is 10.2. The average molecular weight is 289 g/mol. The summed E-state index contributed by atoms with van der Waals surface area (Å²) in [6, 6.07) is -0.423. The fraction of sp³-hybridized carbons (Fsp3) is 0.833. The standard InChI is InChI=1S/C12H23N3O3S/c1-18-9-11(16)14-4-6-15(7-5-14)12(17)10(13)3-8-19-2/h10H,3-9,13H2,1-2H3/t10-/m1/s1. The van der Waals surface area contributed by atoms with E-state index in [2.05, 4.69) is 0 Å². The number of amides is 2. The SMILES string of the molecule is COCC(=O)N1CCN(C(=O)[C@H](N)CCSC)CC1. The quantitative estimate of drug-likeness (QED) is 0.705. The van der Waals surface area contributed by atoms with Gasteiger partial charge in [0.1, 0.15) is 6.61 Å². The topological polar surface area (TPSA) is 75.9 Å². The summed E-state index contributed by atoms with van der Waals surface area (Å²) in [5.74, 6) is 0.855. The Bertz CT molecular complexity index is 307. The second-order valence-electron chi connectivity index (χ2n) is 4.53. The highest BCUT2D eigenvalue weighted by Gasteiger charge is 2.26. The van der Waals surface area contributed by atoms with Crippen LogP contribution in [0.2, 0.25) is 0 Å². The van der Waals surface area contributed by atoms with Crippen LogP contribution in [-0.2, 0) is 14.3 Å². The van der Waals surface area contributed by atoms with Crippen molar-refractivity contribution < 1.29 is 14.3 Å². The van der Waals surface area contributed by atoms with Gasteiger partial charge in [0.2, 0.25) is 11.8 Å². The molecule has 1 fully saturated rings. The molecule has 7 heteroatoms. The van der Waals surface area contributed by atoms with Crippen molar-refractivity contribution in [2.75, 3.05) is 51.9 Å². The summed E-state index contributed by atoms with van der Waals surface area (Å²) < 4.78 is 4.82. The zero-order chi connectivity index (χ0) is 14.3. The average Bonchev–Trinajstić information content (AvgIpc) is 2.44. The highest BCUT2D eigenvalue weighted by molar-refractivity contribution is 7.98. The second-order valence-corrected chi connectivity index (χ2v) is 5.51. The van der Waals surface area contributed by atoms with Gasteiger partial charge in [0.15, 0.2) is 0 Å². The van der Waals surface area contributed by atoms with Crippen molar-refractivity contribution in [3.8, 4) is 0 Å². The maximum absolute atomic E-state index is 12.1. The summed E-state index contributed by atoms with van der Waals surface area (Å²) >= 11 is 1.69. The zero-order valence-corrected chi connectivity index (χ0v) is 12.4. The lowest BCUT2D eigenvalue weighted by molar-refractivity contribution is -0.142. The van der Waals surface area contributed by atoms with Crippen LogP contribution >= 0.6 is 11.8 Å². The van der Waals surface area contributed by atoms with Crippen molar-refractivity contribution in [2.45, 2.75) is 12.5 Å². The van der Waals surface area contributed by atoms with Gasteiger partial charge >= 0.3 is 0 Å². The van der Waals surface area contributed by atoms with Crippen LogP contribution in [0.15, 0.2) is 0 Å². The second kappa shape index (κ2) is 8.39. The zero-order valence-electron chi connectivity index (χ0n) is 11.6. The molecule has 1 heterocycles. The van der Waals surface area contributed by atoms with Gasteiger partial charge in [-0.3, -0.25) is 9.59 Å². The molecule has 1 aliphatic rings.